The fraction of sp³-hybridized carbons (Fsp3) is 0.0455. The molecule has 14 aromatic rings. The molecule has 1 aliphatic rings. The predicted octanol–water partition coefficient (Wildman–Crippen LogP) is 18.3. The highest BCUT2D eigenvalue weighted by Gasteiger charge is 2.32. The van der Waals surface area contributed by atoms with Crippen LogP contribution in [0.15, 0.2) is 227 Å². The van der Waals surface area contributed by atoms with E-state index in [2.05, 4.69) is 153 Å². The van der Waals surface area contributed by atoms with Crippen LogP contribution in [-0.4, -0.2) is 15.0 Å². The average Bonchev–Trinajstić information content (AvgIpc) is 4.14. The van der Waals surface area contributed by atoms with Crippen LogP contribution < -0.4 is 0 Å². The van der Waals surface area contributed by atoms with Crippen molar-refractivity contribution >= 4 is 75.4 Å². The van der Waals surface area contributed by atoms with E-state index in [9.17, 15) is 0 Å². The first-order chi connectivity index (χ1) is 35.6. The van der Waals surface area contributed by atoms with Gasteiger partial charge in [-0.25, -0.2) is 15.0 Å². The maximum atomic E-state index is 6.60. The molecule has 10 aromatic carbocycles. The lowest BCUT2D eigenvalue weighted by Gasteiger charge is -2.34. The van der Waals surface area contributed by atoms with E-state index in [4.69, 9.17) is 23.8 Å². The largest absolute Gasteiger partial charge is 0.456 e. The standard InChI is InChI=1S/C66H41N3O2S/c1-38-45-30-26-41(34-51(45)46-18-8-9-19-47(46)61(38)39-14-4-2-5-15-39)43-28-32-59-52(35-43)53-36-44(29-33-60(53)72-59)42-27-31-56-54(37-42)63-50(22-13-25-58(63)71-56)66-68-64(40-16-6-3-7-17-40)67-65(69-66)49-21-12-24-57-62(49)48-20-10-11-23-55(48)70-57/h2-38,61H,1H3. The van der Waals surface area contributed by atoms with Crippen molar-refractivity contribution in [1.82, 2.24) is 15.0 Å². The molecule has 4 heterocycles. The normalized spacial score (nSPS) is 14.5. The number of para-hydroxylation sites is 1. The van der Waals surface area contributed by atoms with Crippen LogP contribution in [0, 0.1) is 0 Å². The summed E-state index contributed by atoms with van der Waals surface area (Å²) in [6.07, 6.45) is 0. The van der Waals surface area contributed by atoms with E-state index in [0.717, 1.165) is 71.7 Å². The number of hydrogen-bond donors (Lipinski definition) is 0. The first-order valence-corrected chi connectivity index (χ1v) is 25.3. The van der Waals surface area contributed by atoms with Crippen molar-refractivity contribution in [2.45, 2.75) is 18.8 Å². The van der Waals surface area contributed by atoms with Crippen molar-refractivity contribution in [3.63, 3.8) is 0 Å². The van der Waals surface area contributed by atoms with Crippen LogP contribution >= 0.6 is 11.3 Å². The third-order valence-corrected chi connectivity index (χ3v) is 16.1. The molecule has 72 heavy (non-hydrogen) atoms. The molecule has 5 nitrogen and oxygen atoms in total. The molecule has 0 saturated carbocycles. The van der Waals surface area contributed by atoms with E-state index in [-0.39, 0.29) is 0 Å². The molecule has 0 N–H and O–H groups in total. The van der Waals surface area contributed by atoms with Gasteiger partial charge in [-0.2, -0.15) is 0 Å². The average molecular weight is 940 g/mol. The highest BCUT2D eigenvalue weighted by atomic mass is 32.1. The van der Waals surface area contributed by atoms with E-state index in [1.165, 1.54) is 59.1 Å². The zero-order valence-electron chi connectivity index (χ0n) is 39.0. The zero-order chi connectivity index (χ0) is 47.4. The summed E-state index contributed by atoms with van der Waals surface area (Å²) < 4.78 is 15.5. The summed E-state index contributed by atoms with van der Waals surface area (Å²) >= 11 is 1.85. The van der Waals surface area contributed by atoms with Crippen molar-refractivity contribution in [2.75, 3.05) is 0 Å². The highest BCUT2D eigenvalue weighted by Crippen LogP contribution is 2.51. The lowest BCUT2D eigenvalue weighted by molar-refractivity contribution is 0.649. The fourth-order valence-electron chi connectivity index (χ4n) is 11.6. The number of rotatable bonds is 6. The minimum Gasteiger partial charge on any atom is -0.456 e. The lowest BCUT2D eigenvalue weighted by Crippen LogP contribution is -2.16. The summed E-state index contributed by atoms with van der Waals surface area (Å²) in [5.41, 5.74) is 17.4. The lowest BCUT2D eigenvalue weighted by atomic mass is 9.69. The molecule has 2 atom stereocenters. The Morgan fingerprint density at radius 3 is 1.57 bits per heavy atom. The SMILES string of the molecule is CC1c2ccc(-c3ccc4sc5ccc(-c6ccc7oc8cccc(-c9nc(-c%10ccccc%10)nc(-c%10cccc%11oc%12ccccc%12c%10%11)n9)c8c7c6)cc5c4c3)cc2-c2ccccc2C1c1ccccc1. The van der Waals surface area contributed by atoms with Crippen molar-refractivity contribution in [3.8, 4) is 67.5 Å². The van der Waals surface area contributed by atoms with Gasteiger partial charge < -0.3 is 8.83 Å². The molecule has 4 aromatic heterocycles. The molecular weight excluding hydrogens is 899 g/mol. The van der Waals surface area contributed by atoms with Crippen LogP contribution in [0.4, 0.5) is 0 Å². The van der Waals surface area contributed by atoms with Crippen LogP contribution in [0.3, 0.4) is 0 Å². The van der Waals surface area contributed by atoms with E-state index < -0.39 is 0 Å². The number of hydrogen-bond acceptors (Lipinski definition) is 6. The van der Waals surface area contributed by atoms with Gasteiger partial charge in [0.1, 0.15) is 22.3 Å². The van der Waals surface area contributed by atoms with Crippen molar-refractivity contribution in [2.24, 2.45) is 0 Å². The topological polar surface area (TPSA) is 65.0 Å². The van der Waals surface area contributed by atoms with E-state index >= 15 is 0 Å². The van der Waals surface area contributed by atoms with Crippen molar-refractivity contribution < 1.29 is 8.83 Å². The molecule has 0 fully saturated rings. The predicted molar refractivity (Wildman–Crippen MR) is 297 cm³/mol. The monoisotopic (exact) mass is 939 g/mol. The smallest absolute Gasteiger partial charge is 0.164 e. The summed E-state index contributed by atoms with van der Waals surface area (Å²) in [6, 6.07) is 78.0. The van der Waals surface area contributed by atoms with Gasteiger partial charge in [-0.15, -0.1) is 11.3 Å². The second-order valence-electron chi connectivity index (χ2n) is 19.0. The molecule has 338 valence electrons. The number of nitrogens with zero attached hydrogens (tertiary/aromatic N) is 3. The van der Waals surface area contributed by atoms with Gasteiger partial charge in [0.05, 0.1) is 0 Å². The molecule has 1 aliphatic carbocycles. The summed E-state index contributed by atoms with van der Waals surface area (Å²) in [7, 11) is 0. The van der Waals surface area contributed by atoms with Gasteiger partial charge in [-0.3, -0.25) is 0 Å². The molecule has 2 unspecified atom stereocenters. The molecular formula is C66H41N3O2S. The molecule has 0 aliphatic heterocycles. The van der Waals surface area contributed by atoms with Gasteiger partial charge >= 0.3 is 0 Å². The Labute approximate surface area is 418 Å². The Morgan fingerprint density at radius 2 is 0.861 bits per heavy atom. The fourth-order valence-corrected chi connectivity index (χ4v) is 12.6. The van der Waals surface area contributed by atoms with Gasteiger partial charge in [0, 0.05) is 64.3 Å². The third-order valence-electron chi connectivity index (χ3n) is 15.0. The minimum absolute atomic E-state index is 0.312. The Hall–Kier alpha value is -8.97. The number of fused-ring (bicyclic) bond motifs is 12. The summed E-state index contributed by atoms with van der Waals surface area (Å²) in [6.45, 7) is 2.39. The van der Waals surface area contributed by atoms with Gasteiger partial charge in [-0.1, -0.05) is 165 Å². The summed E-state index contributed by atoms with van der Waals surface area (Å²) in [4.78, 5) is 15.6. The quantitative estimate of drug-likeness (QED) is 0.166. The molecule has 0 bridgehead atoms. The zero-order valence-corrected chi connectivity index (χ0v) is 39.8. The molecule has 15 rings (SSSR count). The molecule has 0 spiro atoms. The second-order valence-corrected chi connectivity index (χ2v) is 20.1. The molecule has 0 radical (unpaired) electrons. The molecule has 6 heteroatoms. The summed E-state index contributed by atoms with van der Waals surface area (Å²) in [5.74, 6) is 2.39. The van der Waals surface area contributed by atoms with Crippen LogP contribution in [0.5, 0.6) is 0 Å². The van der Waals surface area contributed by atoms with E-state index in [1.54, 1.807) is 0 Å². The Morgan fingerprint density at radius 1 is 0.347 bits per heavy atom. The number of benzene rings is 10. The first-order valence-electron chi connectivity index (χ1n) is 24.5. The Balaban J connectivity index is 0.838. The number of aromatic nitrogens is 3. The highest BCUT2D eigenvalue weighted by molar-refractivity contribution is 7.25. The van der Waals surface area contributed by atoms with Crippen molar-refractivity contribution in [3.05, 3.63) is 235 Å². The van der Waals surface area contributed by atoms with E-state index in [0.29, 0.717) is 29.3 Å². The molecule has 0 amide bonds. The van der Waals surface area contributed by atoms with Crippen LogP contribution in [-0.2, 0) is 0 Å². The maximum Gasteiger partial charge on any atom is 0.164 e. The first kappa shape index (κ1) is 40.9. The van der Waals surface area contributed by atoms with Gasteiger partial charge in [0.2, 0.25) is 0 Å². The maximum absolute atomic E-state index is 6.60. The minimum atomic E-state index is 0.312. The van der Waals surface area contributed by atoms with Crippen LogP contribution in [0.1, 0.15) is 35.4 Å². The number of thiophene rings is 1. The van der Waals surface area contributed by atoms with Gasteiger partial charge in [0.15, 0.2) is 17.5 Å². The Kier molecular flexibility index (Phi) is 9.10. The van der Waals surface area contributed by atoms with Gasteiger partial charge in [0.25, 0.3) is 0 Å². The molecule has 0 saturated heterocycles. The summed E-state index contributed by atoms with van der Waals surface area (Å²) in [5, 5.41) is 6.47. The van der Waals surface area contributed by atoms with Crippen molar-refractivity contribution in [1.29, 1.82) is 0 Å². The Bertz CT molecular complexity index is 4490. The second kappa shape index (κ2) is 16.0. The van der Waals surface area contributed by atoms with Gasteiger partial charge in [-0.05, 0) is 117 Å². The van der Waals surface area contributed by atoms with Crippen LogP contribution in [0.2, 0.25) is 0 Å². The van der Waals surface area contributed by atoms with E-state index in [1.807, 2.05) is 84.1 Å². The third kappa shape index (κ3) is 6.42. The number of furan rings is 2. The van der Waals surface area contributed by atoms with Crippen LogP contribution in [0.25, 0.3) is 132 Å².